The maximum absolute atomic E-state index is 12.0. The van der Waals surface area contributed by atoms with Crippen molar-refractivity contribution >= 4 is 11.8 Å². The summed E-state index contributed by atoms with van der Waals surface area (Å²) < 4.78 is 29.1. The molecule has 214 valence electrons. The Bertz CT molecular complexity index is 1050. The van der Waals surface area contributed by atoms with Crippen molar-refractivity contribution in [2.45, 2.75) is 37.6 Å². The Morgan fingerprint density at radius 2 is 1.79 bits per heavy atom. The quantitative estimate of drug-likeness (QED) is 0.367. The highest BCUT2D eigenvalue weighted by molar-refractivity contribution is 5.65. The molecule has 2 aliphatic rings. The van der Waals surface area contributed by atoms with Crippen LogP contribution in [0.4, 0.5) is 10.5 Å². The minimum absolute atomic E-state index is 0.00697. The SMILES string of the molecule is COCCCN1CCOc2ccc(CO[C@H]3CN(C(=O)O)C[C@@H](OCCCO)[C@@H]3c3ccc(OC)cc3)cc21. The van der Waals surface area contributed by atoms with Crippen molar-refractivity contribution in [1.29, 1.82) is 0 Å². The van der Waals surface area contributed by atoms with E-state index in [1.165, 1.54) is 4.90 Å². The zero-order chi connectivity index (χ0) is 27.6. The van der Waals surface area contributed by atoms with Crippen molar-refractivity contribution in [3.63, 3.8) is 0 Å². The molecule has 4 rings (SSSR count). The first-order chi connectivity index (χ1) is 19.0. The van der Waals surface area contributed by atoms with E-state index in [0.29, 0.717) is 32.8 Å². The zero-order valence-electron chi connectivity index (χ0n) is 22.8. The van der Waals surface area contributed by atoms with E-state index >= 15 is 0 Å². The van der Waals surface area contributed by atoms with Gasteiger partial charge in [0, 0.05) is 39.4 Å². The third-order valence-electron chi connectivity index (χ3n) is 7.23. The van der Waals surface area contributed by atoms with E-state index in [2.05, 4.69) is 11.0 Å². The van der Waals surface area contributed by atoms with Crippen LogP contribution in [0.3, 0.4) is 0 Å². The van der Waals surface area contributed by atoms with Crippen LogP contribution >= 0.6 is 0 Å². The lowest BCUT2D eigenvalue weighted by molar-refractivity contribution is -0.0905. The van der Waals surface area contributed by atoms with Gasteiger partial charge in [-0.15, -0.1) is 0 Å². The number of hydrogen-bond acceptors (Lipinski definition) is 8. The lowest BCUT2D eigenvalue weighted by Crippen LogP contribution is -2.54. The molecule has 0 aliphatic carbocycles. The summed E-state index contributed by atoms with van der Waals surface area (Å²) in [6, 6.07) is 13.8. The highest BCUT2D eigenvalue weighted by Gasteiger charge is 2.41. The standard InChI is InChI=1S/C29H40N2O8/c1-35-14-3-11-30-12-16-38-25-10-5-21(17-24(25)30)20-39-27-19-31(29(33)34)18-26(37-15-4-13-32)28(27)22-6-8-23(36-2)9-7-22/h5-10,17,26-28,32H,3-4,11-16,18-20H2,1-2H3,(H,33,34)/t26-,27+,28+/m1/s1. The Morgan fingerprint density at radius 3 is 2.49 bits per heavy atom. The second-order valence-corrected chi connectivity index (χ2v) is 9.81. The summed E-state index contributed by atoms with van der Waals surface area (Å²) in [6.45, 7) is 4.13. The number of anilines is 1. The van der Waals surface area contributed by atoms with E-state index in [-0.39, 0.29) is 25.6 Å². The fraction of sp³-hybridized carbons (Fsp3) is 0.552. The van der Waals surface area contributed by atoms with Gasteiger partial charge in [-0.05, 0) is 48.2 Å². The molecule has 1 amide bonds. The molecule has 0 saturated carbocycles. The van der Waals surface area contributed by atoms with Crippen LogP contribution in [0.15, 0.2) is 42.5 Å². The van der Waals surface area contributed by atoms with Gasteiger partial charge in [0.05, 0.1) is 51.2 Å². The lowest BCUT2D eigenvalue weighted by Gasteiger charge is -2.42. The Morgan fingerprint density at radius 1 is 1.03 bits per heavy atom. The van der Waals surface area contributed by atoms with Crippen LogP contribution in [0.5, 0.6) is 11.5 Å². The molecule has 0 unspecified atom stereocenters. The molecule has 1 saturated heterocycles. The molecule has 2 aliphatic heterocycles. The van der Waals surface area contributed by atoms with Crippen molar-refractivity contribution in [2.75, 3.05) is 71.7 Å². The number of carboxylic acid groups (broad SMARTS) is 1. The first kappa shape index (κ1) is 28.9. The highest BCUT2D eigenvalue weighted by Crippen LogP contribution is 2.36. The predicted molar refractivity (Wildman–Crippen MR) is 146 cm³/mol. The van der Waals surface area contributed by atoms with Crippen molar-refractivity contribution in [3.8, 4) is 11.5 Å². The fourth-order valence-corrected chi connectivity index (χ4v) is 5.24. The van der Waals surface area contributed by atoms with Gasteiger partial charge in [0.15, 0.2) is 0 Å². The number of likely N-dealkylation sites (tertiary alicyclic amines) is 1. The molecule has 2 heterocycles. The summed E-state index contributed by atoms with van der Waals surface area (Å²) in [6.07, 6.45) is -0.473. The Hall–Kier alpha value is -3.05. The molecule has 10 nitrogen and oxygen atoms in total. The van der Waals surface area contributed by atoms with Gasteiger partial charge in [-0.25, -0.2) is 4.79 Å². The molecule has 2 N–H and O–H groups in total. The Balaban J connectivity index is 1.55. The van der Waals surface area contributed by atoms with Gasteiger partial charge in [0.1, 0.15) is 18.1 Å². The third kappa shape index (κ3) is 7.54. The monoisotopic (exact) mass is 544 g/mol. The minimum Gasteiger partial charge on any atom is -0.497 e. The molecule has 0 spiro atoms. The van der Waals surface area contributed by atoms with Gasteiger partial charge in [0.25, 0.3) is 0 Å². The number of fused-ring (bicyclic) bond motifs is 1. The molecule has 0 bridgehead atoms. The molecule has 2 aromatic carbocycles. The Labute approximate surface area is 230 Å². The van der Waals surface area contributed by atoms with Crippen molar-refractivity contribution in [1.82, 2.24) is 4.90 Å². The molecule has 0 aromatic heterocycles. The number of nitrogens with zero attached hydrogens (tertiary/aromatic N) is 2. The minimum atomic E-state index is -1.01. The summed E-state index contributed by atoms with van der Waals surface area (Å²) in [7, 11) is 3.33. The molecule has 1 fully saturated rings. The maximum Gasteiger partial charge on any atom is 0.407 e. The van der Waals surface area contributed by atoms with Crippen molar-refractivity contribution < 1.29 is 38.7 Å². The van der Waals surface area contributed by atoms with Crippen LogP contribution < -0.4 is 14.4 Å². The molecular weight excluding hydrogens is 504 g/mol. The number of aliphatic hydroxyl groups is 1. The smallest absolute Gasteiger partial charge is 0.407 e. The van der Waals surface area contributed by atoms with E-state index < -0.39 is 18.3 Å². The van der Waals surface area contributed by atoms with Crippen LogP contribution in [-0.4, -0.2) is 100 Å². The van der Waals surface area contributed by atoms with E-state index in [0.717, 1.165) is 47.8 Å². The summed E-state index contributed by atoms with van der Waals surface area (Å²) in [5, 5.41) is 19.1. The first-order valence-corrected chi connectivity index (χ1v) is 13.5. The van der Waals surface area contributed by atoms with Crippen molar-refractivity contribution in [3.05, 3.63) is 53.6 Å². The molecule has 39 heavy (non-hydrogen) atoms. The topological polar surface area (TPSA) is 110 Å². The number of hydrogen-bond donors (Lipinski definition) is 2. The largest absolute Gasteiger partial charge is 0.497 e. The van der Waals surface area contributed by atoms with Gasteiger partial charge in [-0.2, -0.15) is 0 Å². The average Bonchev–Trinajstić information content (AvgIpc) is 2.96. The van der Waals surface area contributed by atoms with Gasteiger partial charge in [-0.3, -0.25) is 0 Å². The fourth-order valence-electron chi connectivity index (χ4n) is 5.24. The number of piperidine rings is 1. The van der Waals surface area contributed by atoms with Crippen LogP contribution in [0, 0.1) is 0 Å². The van der Waals surface area contributed by atoms with Crippen LogP contribution in [-0.2, 0) is 20.8 Å². The number of rotatable bonds is 13. The summed E-state index contributed by atoms with van der Waals surface area (Å²) in [5.41, 5.74) is 3.00. The zero-order valence-corrected chi connectivity index (χ0v) is 22.8. The Kier molecular flexibility index (Phi) is 10.7. The molecular formula is C29H40N2O8. The second-order valence-electron chi connectivity index (χ2n) is 9.81. The number of benzene rings is 2. The average molecular weight is 545 g/mol. The summed E-state index contributed by atoms with van der Waals surface area (Å²) in [5.74, 6) is 1.39. The van der Waals surface area contributed by atoms with Gasteiger partial charge in [-0.1, -0.05) is 18.2 Å². The second kappa shape index (κ2) is 14.4. The first-order valence-electron chi connectivity index (χ1n) is 13.5. The van der Waals surface area contributed by atoms with E-state index in [9.17, 15) is 15.0 Å². The molecule has 2 aromatic rings. The number of amides is 1. The van der Waals surface area contributed by atoms with E-state index in [4.69, 9.17) is 23.7 Å². The number of carbonyl (C=O) groups is 1. The number of aliphatic hydroxyl groups excluding tert-OH is 1. The van der Waals surface area contributed by atoms with Gasteiger partial charge < -0.3 is 43.7 Å². The molecule has 0 radical (unpaired) electrons. The molecule has 3 atom stereocenters. The lowest BCUT2D eigenvalue weighted by atomic mass is 9.84. The third-order valence-corrected chi connectivity index (χ3v) is 7.23. The molecule has 10 heteroatoms. The van der Waals surface area contributed by atoms with Gasteiger partial charge in [0.2, 0.25) is 0 Å². The number of ether oxygens (including phenoxy) is 5. The summed E-state index contributed by atoms with van der Waals surface area (Å²) in [4.78, 5) is 15.7. The van der Waals surface area contributed by atoms with Crippen LogP contribution in [0.2, 0.25) is 0 Å². The highest BCUT2D eigenvalue weighted by atomic mass is 16.5. The van der Waals surface area contributed by atoms with Crippen LogP contribution in [0.1, 0.15) is 29.9 Å². The summed E-state index contributed by atoms with van der Waals surface area (Å²) >= 11 is 0. The van der Waals surface area contributed by atoms with Gasteiger partial charge >= 0.3 is 6.09 Å². The normalized spacial score (nSPS) is 20.8. The van der Waals surface area contributed by atoms with E-state index in [1.807, 2.05) is 36.4 Å². The van der Waals surface area contributed by atoms with E-state index in [1.54, 1.807) is 14.2 Å². The van der Waals surface area contributed by atoms with Crippen molar-refractivity contribution in [2.24, 2.45) is 0 Å². The number of methoxy groups -OCH3 is 2. The predicted octanol–water partition coefficient (Wildman–Crippen LogP) is 3.36. The maximum atomic E-state index is 12.0. The van der Waals surface area contributed by atoms with Crippen LogP contribution in [0.25, 0.3) is 0 Å².